The number of nitrogens with one attached hydrogen (secondary N) is 1. The van der Waals surface area contributed by atoms with Gasteiger partial charge in [-0.05, 0) is 19.8 Å². The van der Waals surface area contributed by atoms with Crippen LogP contribution in [0.25, 0.3) is 0 Å². The molecule has 0 aromatic rings. The van der Waals surface area contributed by atoms with Crippen LogP contribution < -0.4 is 4.72 Å². The van der Waals surface area contributed by atoms with Gasteiger partial charge in [-0.25, -0.2) is 13.1 Å². The third-order valence-electron chi connectivity index (χ3n) is 2.33. The van der Waals surface area contributed by atoms with Gasteiger partial charge in [0.05, 0.1) is 11.3 Å². The van der Waals surface area contributed by atoms with Gasteiger partial charge in [-0.2, -0.15) is 0 Å². The summed E-state index contributed by atoms with van der Waals surface area (Å²) in [6.07, 6.45) is 8.66. The lowest BCUT2D eigenvalue weighted by molar-refractivity contribution is 0.561. The van der Waals surface area contributed by atoms with Crippen LogP contribution in [0.2, 0.25) is 0 Å². The Labute approximate surface area is 80.0 Å². The molecule has 74 valence electrons. The highest BCUT2D eigenvalue weighted by molar-refractivity contribution is 7.90. The van der Waals surface area contributed by atoms with Crippen molar-refractivity contribution in [2.24, 2.45) is 0 Å². The molecule has 1 atom stereocenters. The molecule has 0 bridgehead atoms. The first kappa shape index (κ1) is 10.6. The van der Waals surface area contributed by atoms with Crippen molar-refractivity contribution in [2.45, 2.75) is 43.9 Å². The molecule has 0 radical (unpaired) electrons. The summed E-state index contributed by atoms with van der Waals surface area (Å²) in [5.74, 6) is 2.35. The quantitative estimate of drug-likeness (QED) is 0.689. The van der Waals surface area contributed by atoms with Gasteiger partial charge >= 0.3 is 0 Å². The van der Waals surface area contributed by atoms with E-state index >= 15 is 0 Å². The van der Waals surface area contributed by atoms with E-state index < -0.39 is 16.1 Å². The summed E-state index contributed by atoms with van der Waals surface area (Å²) in [5, 5.41) is -0.219. The first-order chi connectivity index (χ1) is 6.06. The maximum absolute atomic E-state index is 11.6. The first-order valence-corrected chi connectivity index (χ1v) is 6.08. The molecule has 1 aliphatic carbocycles. The third kappa shape index (κ3) is 2.71. The van der Waals surface area contributed by atoms with Gasteiger partial charge in [-0.15, -0.1) is 6.42 Å². The van der Waals surface area contributed by atoms with Gasteiger partial charge in [-0.3, -0.25) is 0 Å². The fraction of sp³-hybridized carbons (Fsp3) is 0.778. The van der Waals surface area contributed by atoms with Crippen LogP contribution in [0.1, 0.15) is 32.6 Å². The largest absolute Gasteiger partial charge is 0.215 e. The van der Waals surface area contributed by atoms with Crippen LogP contribution >= 0.6 is 0 Å². The zero-order valence-corrected chi connectivity index (χ0v) is 8.60. The zero-order valence-electron chi connectivity index (χ0n) is 7.79. The Morgan fingerprint density at radius 2 is 2.00 bits per heavy atom. The van der Waals surface area contributed by atoms with Crippen LogP contribution in [-0.2, 0) is 10.0 Å². The van der Waals surface area contributed by atoms with Crippen LogP contribution in [-0.4, -0.2) is 19.7 Å². The molecule has 0 amide bonds. The molecule has 1 rings (SSSR count). The third-order valence-corrected chi connectivity index (χ3v) is 4.36. The van der Waals surface area contributed by atoms with Crippen molar-refractivity contribution < 1.29 is 8.42 Å². The summed E-state index contributed by atoms with van der Waals surface area (Å²) in [6, 6.07) is -0.398. The van der Waals surface area contributed by atoms with Gasteiger partial charge in [0, 0.05) is 0 Å². The van der Waals surface area contributed by atoms with E-state index in [4.69, 9.17) is 6.42 Å². The van der Waals surface area contributed by atoms with E-state index in [0.717, 1.165) is 25.7 Å². The van der Waals surface area contributed by atoms with Crippen molar-refractivity contribution in [1.29, 1.82) is 0 Å². The topological polar surface area (TPSA) is 46.2 Å². The Morgan fingerprint density at radius 1 is 1.46 bits per heavy atom. The molecule has 0 spiro atoms. The zero-order chi connectivity index (χ0) is 9.90. The molecular formula is C9H15NO2S. The van der Waals surface area contributed by atoms with Gasteiger partial charge < -0.3 is 0 Å². The van der Waals surface area contributed by atoms with Crippen LogP contribution in [0.15, 0.2) is 0 Å². The Kier molecular flexibility index (Phi) is 3.34. The van der Waals surface area contributed by atoms with E-state index in [1.807, 2.05) is 0 Å². The number of rotatable bonds is 3. The average molecular weight is 201 g/mol. The van der Waals surface area contributed by atoms with Crippen LogP contribution in [0.5, 0.6) is 0 Å². The monoisotopic (exact) mass is 201 g/mol. The Hall–Kier alpha value is -0.530. The molecule has 1 N–H and O–H groups in total. The Bertz CT molecular complexity index is 296. The maximum Gasteiger partial charge on any atom is 0.215 e. The van der Waals surface area contributed by atoms with Crippen LogP contribution in [0.4, 0.5) is 0 Å². The molecule has 0 aromatic carbocycles. The highest BCUT2D eigenvalue weighted by Crippen LogP contribution is 2.23. The molecule has 0 aliphatic heterocycles. The summed E-state index contributed by atoms with van der Waals surface area (Å²) in [4.78, 5) is 0. The summed E-state index contributed by atoms with van der Waals surface area (Å²) in [6.45, 7) is 1.67. The molecule has 1 fully saturated rings. The minimum atomic E-state index is -3.16. The first-order valence-electron chi connectivity index (χ1n) is 4.53. The molecule has 4 heteroatoms. The molecule has 1 unspecified atom stereocenters. The molecule has 1 aliphatic rings. The van der Waals surface area contributed by atoms with Crippen molar-refractivity contribution in [2.75, 3.05) is 0 Å². The number of sulfonamides is 1. The minimum Gasteiger partial charge on any atom is -0.212 e. The van der Waals surface area contributed by atoms with E-state index in [0.29, 0.717) is 0 Å². The molecule has 3 nitrogen and oxygen atoms in total. The Balaban J connectivity index is 2.61. The number of hydrogen-bond donors (Lipinski definition) is 1. The highest BCUT2D eigenvalue weighted by atomic mass is 32.2. The number of terminal acetylenes is 1. The number of hydrogen-bond acceptors (Lipinski definition) is 2. The fourth-order valence-electron chi connectivity index (χ4n) is 1.58. The highest BCUT2D eigenvalue weighted by Gasteiger charge is 2.29. The van der Waals surface area contributed by atoms with Crippen molar-refractivity contribution in [1.82, 2.24) is 4.72 Å². The maximum atomic E-state index is 11.6. The van der Waals surface area contributed by atoms with Crippen LogP contribution in [0.3, 0.4) is 0 Å². The minimum absolute atomic E-state index is 0.219. The normalized spacial score (nSPS) is 21.2. The van der Waals surface area contributed by atoms with Gasteiger partial charge in [0.25, 0.3) is 0 Å². The molecule has 13 heavy (non-hydrogen) atoms. The second-order valence-electron chi connectivity index (χ2n) is 3.46. The molecule has 0 heterocycles. The molecule has 1 saturated carbocycles. The summed E-state index contributed by atoms with van der Waals surface area (Å²) in [7, 11) is -3.16. The van der Waals surface area contributed by atoms with E-state index in [1.165, 1.54) is 0 Å². The van der Waals surface area contributed by atoms with Crippen LogP contribution in [0, 0.1) is 12.3 Å². The summed E-state index contributed by atoms with van der Waals surface area (Å²) < 4.78 is 25.7. The lowest BCUT2D eigenvalue weighted by Gasteiger charge is -2.13. The van der Waals surface area contributed by atoms with Crippen molar-refractivity contribution in [3.8, 4) is 12.3 Å². The summed E-state index contributed by atoms with van der Waals surface area (Å²) in [5.41, 5.74) is 0. The Morgan fingerprint density at radius 3 is 2.46 bits per heavy atom. The SMILES string of the molecule is C#CC(C)NS(=O)(=O)C1CCCC1. The van der Waals surface area contributed by atoms with E-state index in [2.05, 4.69) is 10.6 Å². The fourth-order valence-corrected chi connectivity index (χ4v) is 3.28. The second kappa shape index (κ2) is 4.12. The standard InChI is InChI=1S/C9H15NO2S/c1-3-8(2)10-13(11,12)9-6-4-5-7-9/h1,8-10H,4-7H2,2H3. The van der Waals surface area contributed by atoms with Crippen molar-refractivity contribution in [3.05, 3.63) is 0 Å². The second-order valence-corrected chi connectivity index (χ2v) is 5.45. The van der Waals surface area contributed by atoms with E-state index in [1.54, 1.807) is 6.92 Å². The lowest BCUT2D eigenvalue weighted by atomic mass is 10.4. The van der Waals surface area contributed by atoms with Gasteiger partial charge in [0.1, 0.15) is 0 Å². The van der Waals surface area contributed by atoms with E-state index in [9.17, 15) is 8.42 Å². The molecule has 0 saturated heterocycles. The molecular weight excluding hydrogens is 186 g/mol. The smallest absolute Gasteiger partial charge is 0.212 e. The van der Waals surface area contributed by atoms with Gasteiger partial charge in [0.15, 0.2) is 0 Å². The predicted octanol–water partition coefficient (Wildman–Crippen LogP) is 0.870. The average Bonchev–Trinajstić information content (AvgIpc) is 2.55. The molecule has 0 aromatic heterocycles. The van der Waals surface area contributed by atoms with Gasteiger partial charge in [-0.1, -0.05) is 18.8 Å². The van der Waals surface area contributed by atoms with Crippen molar-refractivity contribution >= 4 is 10.0 Å². The summed E-state index contributed by atoms with van der Waals surface area (Å²) >= 11 is 0. The van der Waals surface area contributed by atoms with E-state index in [-0.39, 0.29) is 5.25 Å². The predicted molar refractivity (Wildman–Crippen MR) is 52.6 cm³/mol. The lowest BCUT2D eigenvalue weighted by Crippen LogP contribution is -2.37. The van der Waals surface area contributed by atoms with Crippen molar-refractivity contribution in [3.63, 3.8) is 0 Å². The van der Waals surface area contributed by atoms with Gasteiger partial charge in [0.2, 0.25) is 10.0 Å².